The first-order valence-corrected chi connectivity index (χ1v) is 9.07. The number of hydrogen-bond acceptors (Lipinski definition) is 6. The Kier molecular flexibility index (Phi) is 3.38. The van der Waals surface area contributed by atoms with Gasteiger partial charge >= 0.3 is 0 Å². The minimum atomic E-state index is -3.02. The fraction of sp³-hybridized carbons (Fsp3) is 0.250. The molecule has 4 rings (SSSR count). The van der Waals surface area contributed by atoms with E-state index in [-0.39, 0.29) is 6.17 Å². The zero-order valence-corrected chi connectivity index (χ0v) is 13.3. The van der Waals surface area contributed by atoms with Crippen LogP contribution in [-0.4, -0.2) is 21.8 Å². The first kappa shape index (κ1) is 14.6. The second-order valence-corrected chi connectivity index (χ2v) is 7.60. The van der Waals surface area contributed by atoms with Crippen molar-refractivity contribution in [2.24, 2.45) is 0 Å². The number of nitrogen functional groups attached to an aromatic ring is 1. The van der Waals surface area contributed by atoms with E-state index < -0.39 is 10.8 Å². The lowest BCUT2D eigenvalue weighted by molar-refractivity contribution is 0.440. The molecule has 2 aromatic rings. The van der Waals surface area contributed by atoms with Gasteiger partial charge in [0.2, 0.25) is 0 Å². The molecule has 0 radical (unpaired) electrons. The van der Waals surface area contributed by atoms with Gasteiger partial charge in [-0.3, -0.25) is 9.11 Å². The maximum Gasteiger partial charge on any atom is 0.129 e. The number of hydrogen-bond donors (Lipinski definition) is 4. The van der Waals surface area contributed by atoms with Crippen molar-refractivity contribution < 1.29 is 13.8 Å². The van der Waals surface area contributed by atoms with E-state index in [2.05, 4.69) is 9.62 Å². The number of anilines is 2. The van der Waals surface area contributed by atoms with E-state index in [1.165, 1.54) is 0 Å². The number of benzene rings is 2. The van der Waals surface area contributed by atoms with Gasteiger partial charge in [0.25, 0.3) is 0 Å². The highest BCUT2D eigenvalue weighted by atomic mass is 32.3. The minimum Gasteiger partial charge on any atom is -0.457 e. The summed E-state index contributed by atoms with van der Waals surface area (Å²) in [4.78, 5) is 2.66. The van der Waals surface area contributed by atoms with Crippen LogP contribution in [0.3, 0.4) is 0 Å². The molecule has 0 aliphatic carbocycles. The van der Waals surface area contributed by atoms with Gasteiger partial charge in [0.15, 0.2) is 0 Å². The SMILES string of the molecule is Nc1cccc(Oc2ccc3c(c2)S(O)(O)NC2CCCN32)c1. The molecule has 0 bridgehead atoms. The van der Waals surface area contributed by atoms with Gasteiger partial charge in [0.05, 0.1) is 11.9 Å². The summed E-state index contributed by atoms with van der Waals surface area (Å²) in [6.45, 7) is 0.912. The maximum absolute atomic E-state index is 10.4. The smallest absolute Gasteiger partial charge is 0.129 e. The molecule has 0 aromatic heterocycles. The third-order valence-corrected chi connectivity index (χ3v) is 5.74. The van der Waals surface area contributed by atoms with Crippen molar-refractivity contribution in [2.75, 3.05) is 17.2 Å². The molecule has 23 heavy (non-hydrogen) atoms. The number of nitrogens with zero attached hydrogens (tertiary/aromatic N) is 1. The normalized spacial score (nSPS) is 23.0. The summed E-state index contributed by atoms with van der Waals surface area (Å²) >= 11 is 0. The van der Waals surface area contributed by atoms with Gasteiger partial charge < -0.3 is 15.4 Å². The molecule has 2 heterocycles. The van der Waals surface area contributed by atoms with Crippen molar-refractivity contribution >= 4 is 22.2 Å². The molecule has 0 saturated carbocycles. The largest absolute Gasteiger partial charge is 0.457 e. The van der Waals surface area contributed by atoms with Crippen molar-refractivity contribution in [3.05, 3.63) is 42.5 Å². The van der Waals surface area contributed by atoms with Crippen LogP contribution in [0.25, 0.3) is 0 Å². The lowest BCUT2D eigenvalue weighted by atomic mass is 10.2. The summed E-state index contributed by atoms with van der Waals surface area (Å²) in [6.07, 6.45) is 1.94. The second-order valence-electron chi connectivity index (χ2n) is 5.82. The molecule has 1 fully saturated rings. The van der Waals surface area contributed by atoms with E-state index in [9.17, 15) is 9.11 Å². The molecule has 2 aliphatic rings. The first-order valence-electron chi connectivity index (χ1n) is 7.52. The molecule has 2 aromatic carbocycles. The zero-order chi connectivity index (χ0) is 16.0. The fourth-order valence-corrected chi connectivity index (χ4v) is 4.68. The molecule has 0 amide bonds. The van der Waals surface area contributed by atoms with Crippen LogP contribution in [-0.2, 0) is 0 Å². The Hall–Kier alpha value is -1.93. The van der Waals surface area contributed by atoms with Crippen molar-refractivity contribution in [3.63, 3.8) is 0 Å². The molecule has 2 aliphatic heterocycles. The van der Waals surface area contributed by atoms with Crippen LogP contribution in [0.4, 0.5) is 11.4 Å². The van der Waals surface area contributed by atoms with Crippen molar-refractivity contribution in [1.29, 1.82) is 0 Å². The molecule has 7 heteroatoms. The van der Waals surface area contributed by atoms with E-state index >= 15 is 0 Å². The van der Waals surface area contributed by atoms with E-state index in [4.69, 9.17) is 10.5 Å². The average molecular weight is 333 g/mol. The Morgan fingerprint density at radius 1 is 1.17 bits per heavy atom. The standard InChI is InChI=1S/C16H19N3O3S/c17-11-3-1-4-12(9-11)22-13-6-7-14-15(10-13)23(20,21)18-16-5-2-8-19(14)16/h1,3-4,6-7,9-10,16,18,20-21H,2,5,8,17H2. The third kappa shape index (κ3) is 2.61. The molecular weight excluding hydrogens is 314 g/mol. The Balaban J connectivity index is 1.70. The Morgan fingerprint density at radius 3 is 2.83 bits per heavy atom. The predicted octanol–water partition coefficient (Wildman–Crippen LogP) is 3.62. The van der Waals surface area contributed by atoms with Gasteiger partial charge in [0.1, 0.15) is 16.4 Å². The average Bonchev–Trinajstić information content (AvgIpc) is 2.95. The van der Waals surface area contributed by atoms with Crippen LogP contribution >= 0.6 is 10.8 Å². The van der Waals surface area contributed by atoms with Crippen molar-refractivity contribution in [2.45, 2.75) is 23.9 Å². The quantitative estimate of drug-likeness (QED) is 0.628. The summed E-state index contributed by atoms with van der Waals surface area (Å²) < 4.78 is 29.6. The topological polar surface area (TPSA) is 91.0 Å². The summed E-state index contributed by atoms with van der Waals surface area (Å²) in [5.41, 5.74) is 7.24. The van der Waals surface area contributed by atoms with Crippen LogP contribution in [0, 0.1) is 0 Å². The molecular formula is C16H19N3O3S. The van der Waals surface area contributed by atoms with Crippen molar-refractivity contribution in [3.8, 4) is 11.5 Å². The Labute approximate surface area is 136 Å². The number of rotatable bonds is 2. The highest BCUT2D eigenvalue weighted by molar-refractivity contribution is 8.22. The lowest BCUT2D eigenvalue weighted by Gasteiger charge is -2.46. The molecule has 0 spiro atoms. The van der Waals surface area contributed by atoms with Crippen LogP contribution in [0.15, 0.2) is 47.4 Å². The van der Waals surface area contributed by atoms with E-state index in [0.717, 1.165) is 25.1 Å². The predicted molar refractivity (Wildman–Crippen MR) is 92.0 cm³/mol. The summed E-state index contributed by atoms with van der Waals surface area (Å²) in [7, 11) is -3.02. The van der Waals surface area contributed by atoms with Gasteiger partial charge in [-0.25, -0.2) is 0 Å². The second kappa shape index (κ2) is 5.31. The zero-order valence-electron chi connectivity index (χ0n) is 12.5. The van der Waals surface area contributed by atoms with Gasteiger partial charge in [0, 0.05) is 24.4 Å². The number of nitrogens with one attached hydrogen (secondary N) is 1. The maximum atomic E-state index is 10.4. The van der Waals surface area contributed by atoms with Crippen LogP contribution in [0.5, 0.6) is 11.5 Å². The summed E-state index contributed by atoms with van der Waals surface area (Å²) in [5.74, 6) is 1.16. The first-order chi connectivity index (χ1) is 11.0. The van der Waals surface area contributed by atoms with Crippen LogP contribution in [0.2, 0.25) is 0 Å². The van der Waals surface area contributed by atoms with Gasteiger partial charge in [-0.15, -0.1) is 10.8 Å². The monoisotopic (exact) mass is 333 g/mol. The molecule has 122 valence electrons. The number of ether oxygens (including phenoxy) is 1. The Bertz CT molecular complexity index is 753. The van der Waals surface area contributed by atoms with Crippen LogP contribution < -0.4 is 20.1 Å². The van der Waals surface area contributed by atoms with Gasteiger partial charge in [-0.2, -0.15) is 4.72 Å². The van der Waals surface area contributed by atoms with E-state index in [0.29, 0.717) is 22.1 Å². The van der Waals surface area contributed by atoms with Gasteiger partial charge in [-0.1, -0.05) is 6.07 Å². The minimum absolute atomic E-state index is 0.00631. The fourth-order valence-electron chi connectivity index (χ4n) is 3.17. The number of fused-ring (bicyclic) bond motifs is 3. The summed E-state index contributed by atoms with van der Waals surface area (Å²) in [6, 6.07) is 12.6. The van der Waals surface area contributed by atoms with Gasteiger partial charge in [-0.05, 0) is 37.1 Å². The lowest BCUT2D eigenvalue weighted by Crippen LogP contribution is -2.46. The Morgan fingerprint density at radius 2 is 2.00 bits per heavy atom. The highest BCUT2D eigenvalue weighted by Gasteiger charge is 2.38. The van der Waals surface area contributed by atoms with Crippen LogP contribution in [0.1, 0.15) is 12.8 Å². The van der Waals surface area contributed by atoms with E-state index in [1.54, 1.807) is 18.2 Å². The molecule has 1 saturated heterocycles. The number of nitrogens with two attached hydrogens (primary N) is 1. The third-order valence-electron chi connectivity index (χ3n) is 4.19. The molecule has 5 N–H and O–H groups in total. The molecule has 1 atom stereocenters. The van der Waals surface area contributed by atoms with E-state index in [1.807, 2.05) is 24.3 Å². The highest BCUT2D eigenvalue weighted by Crippen LogP contribution is 2.55. The molecule has 1 unspecified atom stereocenters. The van der Waals surface area contributed by atoms with Crippen molar-refractivity contribution in [1.82, 2.24) is 4.72 Å². The summed E-state index contributed by atoms with van der Waals surface area (Å²) in [5, 5.41) is 0. The molecule has 6 nitrogen and oxygen atoms in total.